The predicted molar refractivity (Wildman–Crippen MR) is 61.1 cm³/mol. The Morgan fingerprint density at radius 1 is 1.69 bits per heavy atom. The van der Waals surface area contributed by atoms with Gasteiger partial charge in [-0.2, -0.15) is 0 Å². The molecule has 0 saturated carbocycles. The van der Waals surface area contributed by atoms with Crippen LogP contribution in [0.5, 0.6) is 0 Å². The van der Waals surface area contributed by atoms with Gasteiger partial charge in [-0.3, -0.25) is 0 Å². The zero-order valence-electron chi connectivity index (χ0n) is 8.69. The fourth-order valence-electron chi connectivity index (χ4n) is 1.52. The van der Waals surface area contributed by atoms with Crippen molar-refractivity contribution in [2.75, 3.05) is 19.8 Å². The number of carbonyl (C=O) groups excluding carboxylic acids is 1. The quantitative estimate of drug-likeness (QED) is 0.630. The summed E-state index contributed by atoms with van der Waals surface area (Å²) in [4.78, 5) is 15.7. The molecule has 2 rings (SSSR count). The van der Waals surface area contributed by atoms with Crippen molar-refractivity contribution in [3.8, 4) is 0 Å². The van der Waals surface area contributed by atoms with Crippen molar-refractivity contribution in [1.29, 1.82) is 0 Å². The first-order valence-corrected chi connectivity index (χ1v) is 5.92. The summed E-state index contributed by atoms with van der Waals surface area (Å²) in [6.45, 7) is 1.86. The molecule has 1 unspecified atom stereocenters. The Bertz CT molecular complexity index is 377. The van der Waals surface area contributed by atoms with Gasteiger partial charge in [-0.1, -0.05) is 0 Å². The summed E-state index contributed by atoms with van der Waals surface area (Å²) >= 11 is 3.21. The average Bonchev–Trinajstić information content (AvgIpc) is 2.79. The number of esters is 1. The highest BCUT2D eigenvalue weighted by Gasteiger charge is 2.19. The molecule has 0 radical (unpaired) electrons. The SMILES string of the molecule is O=C(OCC1CCOC1)c1cccnc1Br. The molecule has 0 aromatic carbocycles. The molecule has 1 aromatic rings. The van der Waals surface area contributed by atoms with Gasteiger partial charge in [-0.15, -0.1) is 0 Å². The lowest BCUT2D eigenvalue weighted by molar-refractivity contribution is 0.0426. The smallest absolute Gasteiger partial charge is 0.340 e. The van der Waals surface area contributed by atoms with E-state index in [1.54, 1.807) is 18.3 Å². The molecule has 1 atom stereocenters. The second kappa shape index (κ2) is 5.41. The van der Waals surface area contributed by atoms with Gasteiger partial charge >= 0.3 is 5.97 Å². The van der Waals surface area contributed by atoms with E-state index in [-0.39, 0.29) is 5.97 Å². The fourth-order valence-corrected chi connectivity index (χ4v) is 1.94. The van der Waals surface area contributed by atoms with E-state index in [2.05, 4.69) is 20.9 Å². The molecule has 2 heterocycles. The van der Waals surface area contributed by atoms with Gasteiger partial charge in [-0.05, 0) is 34.5 Å². The maximum absolute atomic E-state index is 11.7. The minimum Gasteiger partial charge on any atom is -0.462 e. The normalized spacial score (nSPS) is 19.7. The van der Waals surface area contributed by atoms with Crippen LogP contribution in [0, 0.1) is 5.92 Å². The number of rotatable bonds is 3. The molecule has 1 saturated heterocycles. The van der Waals surface area contributed by atoms with E-state index in [1.165, 1.54) is 0 Å². The van der Waals surface area contributed by atoms with E-state index in [1.807, 2.05) is 0 Å². The molecule has 0 amide bonds. The van der Waals surface area contributed by atoms with Crippen LogP contribution >= 0.6 is 15.9 Å². The van der Waals surface area contributed by atoms with Crippen molar-refractivity contribution in [2.45, 2.75) is 6.42 Å². The monoisotopic (exact) mass is 285 g/mol. The van der Waals surface area contributed by atoms with Crippen molar-refractivity contribution in [3.05, 3.63) is 28.5 Å². The zero-order chi connectivity index (χ0) is 11.4. The van der Waals surface area contributed by atoms with Crippen LogP contribution in [0.1, 0.15) is 16.8 Å². The van der Waals surface area contributed by atoms with Crippen molar-refractivity contribution in [3.63, 3.8) is 0 Å². The van der Waals surface area contributed by atoms with Gasteiger partial charge in [-0.25, -0.2) is 9.78 Å². The summed E-state index contributed by atoms with van der Waals surface area (Å²) in [6, 6.07) is 3.39. The van der Waals surface area contributed by atoms with Crippen molar-refractivity contribution < 1.29 is 14.3 Å². The number of halogens is 1. The highest BCUT2D eigenvalue weighted by atomic mass is 79.9. The molecule has 5 heteroatoms. The third-order valence-corrected chi connectivity index (χ3v) is 3.09. The summed E-state index contributed by atoms with van der Waals surface area (Å²) in [5.74, 6) is -0.00808. The summed E-state index contributed by atoms with van der Waals surface area (Å²) in [5.41, 5.74) is 0.460. The van der Waals surface area contributed by atoms with Gasteiger partial charge in [0.05, 0.1) is 18.8 Å². The first kappa shape index (κ1) is 11.5. The van der Waals surface area contributed by atoms with Crippen LogP contribution in [0.15, 0.2) is 22.9 Å². The summed E-state index contributed by atoms with van der Waals surface area (Å²) in [5, 5.41) is 0. The van der Waals surface area contributed by atoms with Crippen LogP contribution in [0.2, 0.25) is 0 Å². The maximum atomic E-state index is 11.7. The second-order valence-electron chi connectivity index (χ2n) is 3.67. The van der Waals surface area contributed by atoms with E-state index < -0.39 is 0 Å². The molecule has 4 nitrogen and oxygen atoms in total. The van der Waals surface area contributed by atoms with Gasteiger partial charge in [0.2, 0.25) is 0 Å². The highest BCUT2D eigenvalue weighted by molar-refractivity contribution is 9.10. The van der Waals surface area contributed by atoms with Gasteiger partial charge in [0, 0.05) is 18.7 Å². The number of pyridine rings is 1. The number of ether oxygens (including phenoxy) is 2. The predicted octanol–water partition coefficient (Wildman–Crippen LogP) is 2.04. The first-order valence-electron chi connectivity index (χ1n) is 5.13. The standard InChI is InChI=1S/C11H12BrNO3/c12-10-9(2-1-4-13-10)11(14)16-7-8-3-5-15-6-8/h1-2,4,8H,3,5-7H2. The van der Waals surface area contributed by atoms with Gasteiger partial charge in [0.25, 0.3) is 0 Å². The molecule has 1 fully saturated rings. The van der Waals surface area contributed by atoms with E-state index in [4.69, 9.17) is 9.47 Å². The Morgan fingerprint density at radius 3 is 3.25 bits per heavy atom. The molecule has 86 valence electrons. The minimum atomic E-state index is -0.341. The Kier molecular flexibility index (Phi) is 3.90. The molecule has 16 heavy (non-hydrogen) atoms. The number of hydrogen-bond acceptors (Lipinski definition) is 4. The largest absolute Gasteiger partial charge is 0.462 e. The van der Waals surface area contributed by atoms with Gasteiger partial charge in [0.15, 0.2) is 0 Å². The summed E-state index contributed by atoms with van der Waals surface area (Å²) in [6.07, 6.45) is 2.58. The van der Waals surface area contributed by atoms with Gasteiger partial charge < -0.3 is 9.47 Å². The molecule has 0 N–H and O–H groups in total. The molecular formula is C11H12BrNO3. The number of nitrogens with zero attached hydrogens (tertiary/aromatic N) is 1. The topological polar surface area (TPSA) is 48.4 Å². The lowest BCUT2D eigenvalue weighted by Crippen LogP contribution is -2.14. The lowest BCUT2D eigenvalue weighted by atomic mass is 10.1. The molecular weight excluding hydrogens is 274 g/mol. The van der Waals surface area contributed by atoms with Crippen LogP contribution in [0.3, 0.4) is 0 Å². The van der Waals surface area contributed by atoms with E-state index in [9.17, 15) is 4.79 Å². The third kappa shape index (κ3) is 2.80. The Balaban J connectivity index is 1.90. The number of aromatic nitrogens is 1. The van der Waals surface area contributed by atoms with Crippen molar-refractivity contribution in [1.82, 2.24) is 4.98 Å². The van der Waals surface area contributed by atoms with E-state index >= 15 is 0 Å². The lowest BCUT2D eigenvalue weighted by Gasteiger charge is -2.09. The molecule has 0 spiro atoms. The number of hydrogen-bond donors (Lipinski definition) is 0. The molecule has 1 aliphatic rings. The van der Waals surface area contributed by atoms with Gasteiger partial charge in [0.1, 0.15) is 4.60 Å². The maximum Gasteiger partial charge on any atom is 0.340 e. The number of carbonyl (C=O) groups is 1. The van der Waals surface area contributed by atoms with E-state index in [0.717, 1.165) is 13.0 Å². The Morgan fingerprint density at radius 2 is 2.56 bits per heavy atom. The molecule has 0 aliphatic carbocycles. The van der Waals surface area contributed by atoms with Crippen LogP contribution in [-0.4, -0.2) is 30.8 Å². The molecule has 1 aromatic heterocycles. The second-order valence-corrected chi connectivity index (χ2v) is 4.42. The first-order chi connectivity index (χ1) is 7.77. The summed E-state index contributed by atoms with van der Waals surface area (Å²) in [7, 11) is 0. The van der Waals surface area contributed by atoms with E-state index in [0.29, 0.717) is 29.3 Å². The highest BCUT2D eigenvalue weighted by Crippen LogP contribution is 2.16. The Labute approximate surface area is 102 Å². The van der Waals surface area contributed by atoms with Crippen LogP contribution in [0.4, 0.5) is 0 Å². The van der Waals surface area contributed by atoms with Crippen molar-refractivity contribution in [2.24, 2.45) is 5.92 Å². The van der Waals surface area contributed by atoms with Crippen molar-refractivity contribution >= 4 is 21.9 Å². The fraction of sp³-hybridized carbons (Fsp3) is 0.455. The summed E-state index contributed by atoms with van der Waals surface area (Å²) < 4.78 is 10.9. The molecule has 1 aliphatic heterocycles. The van der Waals surface area contributed by atoms with Crippen LogP contribution < -0.4 is 0 Å². The minimum absolute atomic E-state index is 0.333. The Hall–Kier alpha value is -0.940. The van der Waals surface area contributed by atoms with Crippen LogP contribution in [0.25, 0.3) is 0 Å². The average molecular weight is 286 g/mol. The third-order valence-electron chi connectivity index (χ3n) is 2.45. The molecule has 0 bridgehead atoms. The zero-order valence-corrected chi connectivity index (χ0v) is 10.3. The van der Waals surface area contributed by atoms with Crippen LogP contribution in [-0.2, 0) is 9.47 Å².